The molecule has 4 nitrogen and oxygen atoms in total. The Morgan fingerprint density at radius 3 is 2.87 bits per heavy atom. The van der Waals surface area contributed by atoms with Gasteiger partial charge >= 0.3 is 5.97 Å². The normalized spacial score (nSPS) is 19.4. The minimum atomic E-state index is -0.351. The zero-order valence-corrected chi connectivity index (χ0v) is 8.53. The minimum Gasteiger partial charge on any atom is -0.465 e. The molecule has 2 N–H and O–H groups in total. The average Bonchev–Trinajstić information content (AvgIpc) is 2.17. The van der Waals surface area contributed by atoms with Crippen LogP contribution in [0.15, 0.2) is 18.2 Å². The zero-order valence-electron chi connectivity index (χ0n) is 8.53. The summed E-state index contributed by atoms with van der Waals surface area (Å²) in [6, 6.07) is 5.11. The molecule has 80 valence electrons. The summed E-state index contributed by atoms with van der Waals surface area (Å²) < 4.78 is 9.98. The van der Waals surface area contributed by atoms with Gasteiger partial charge < -0.3 is 15.2 Å². The molecule has 1 aliphatic heterocycles. The Morgan fingerprint density at radius 1 is 1.60 bits per heavy atom. The van der Waals surface area contributed by atoms with E-state index in [0.29, 0.717) is 11.3 Å². The third kappa shape index (κ3) is 1.80. The van der Waals surface area contributed by atoms with Crippen LogP contribution in [-0.4, -0.2) is 19.7 Å². The van der Waals surface area contributed by atoms with E-state index >= 15 is 0 Å². The maximum Gasteiger partial charge on any atom is 0.337 e. The number of benzene rings is 1. The summed E-state index contributed by atoms with van der Waals surface area (Å²) in [5.41, 5.74) is 7.86. The molecule has 1 fully saturated rings. The second kappa shape index (κ2) is 3.90. The topological polar surface area (TPSA) is 61.5 Å². The van der Waals surface area contributed by atoms with E-state index in [1.165, 1.54) is 7.11 Å². The number of methoxy groups -OCH3 is 1. The molecule has 1 unspecified atom stereocenters. The molecule has 4 heteroatoms. The van der Waals surface area contributed by atoms with Crippen LogP contribution in [0.4, 0.5) is 5.69 Å². The molecule has 1 aliphatic rings. The van der Waals surface area contributed by atoms with Crippen LogP contribution in [0.25, 0.3) is 0 Å². The van der Waals surface area contributed by atoms with Crippen LogP contribution in [0.2, 0.25) is 0 Å². The molecule has 0 bridgehead atoms. The number of ether oxygens (including phenoxy) is 2. The van der Waals surface area contributed by atoms with Gasteiger partial charge in [-0.05, 0) is 18.2 Å². The van der Waals surface area contributed by atoms with Crippen molar-refractivity contribution < 1.29 is 14.3 Å². The van der Waals surface area contributed by atoms with Crippen LogP contribution >= 0.6 is 0 Å². The summed E-state index contributed by atoms with van der Waals surface area (Å²) >= 11 is 0. The molecule has 0 aliphatic carbocycles. The van der Waals surface area contributed by atoms with Gasteiger partial charge in [0.25, 0.3) is 0 Å². The Kier molecular flexibility index (Phi) is 2.60. The van der Waals surface area contributed by atoms with E-state index in [1.54, 1.807) is 18.2 Å². The number of nitrogens with two attached hydrogens (primary N) is 1. The highest BCUT2D eigenvalue weighted by atomic mass is 16.5. The second-order valence-corrected chi connectivity index (χ2v) is 3.48. The van der Waals surface area contributed by atoms with Crippen LogP contribution in [0, 0.1) is 0 Å². The first-order chi connectivity index (χ1) is 7.22. The van der Waals surface area contributed by atoms with Crippen LogP contribution < -0.4 is 5.73 Å². The van der Waals surface area contributed by atoms with Crippen molar-refractivity contribution in [3.05, 3.63) is 29.3 Å². The van der Waals surface area contributed by atoms with Gasteiger partial charge in [-0.25, -0.2) is 4.79 Å². The smallest absolute Gasteiger partial charge is 0.337 e. The molecule has 2 rings (SSSR count). The van der Waals surface area contributed by atoms with Gasteiger partial charge in [-0.15, -0.1) is 0 Å². The summed E-state index contributed by atoms with van der Waals surface area (Å²) in [6.07, 6.45) is 0.990. The van der Waals surface area contributed by atoms with Crippen molar-refractivity contribution in [3.8, 4) is 0 Å². The van der Waals surface area contributed by atoms with Crippen molar-refractivity contribution in [2.45, 2.75) is 12.5 Å². The number of carbonyl (C=O) groups excluding carboxylic acids is 1. The molecule has 0 amide bonds. The molecule has 1 aromatic carbocycles. The summed E-state index contributed by atoms with van der Waals surface area (Å²) in [5, 5.41) is 0. The zero-order chi connectivity index (χ0) is 10.8. The van der Waals surface area contributed by atoms with E-state index in [0.717, 1.165) is 18.6 Å². The van der Waals surface area contributed by atoms with Crippen molar-refractivity contribution in [1.29, 1.82) is 0 Å². The summed E-state index contributed by atoms with van der Waals surface area (Å²) in [7, 11) is 1.36. The number of hydrogen-bond donors (Lipinski definition) is 1. The maximum atomic E-state index is 11.3. The second-order valence-electron chi connectivity index (χ2n) is 3.48. The fraction of sp³-hybridized carbons (Fsp3) is 0.364. The van der Waals surface area contributed by atoms with Gasteiger partial charge in [0.15, 0.2) is 0 Å². The lowest BCUT2D eigenvalue weighted by Crippen LogP contribution is -2.20. The van der Waals surface area contributed by atoms with Gasteiger partial charge in [-0.2, -0.15) is 0 Å². The largest absolute Gasteiger partial charge is 0.465 e. The molecular weight excluding hydrogens is 194 g/mol. The lowest BCUT2D eigenvalue weighted by Gasteiger charge is -2.28. The van der Waals surface area contributed by atoms with E-state index < -0.39 is 0 Å². The molecule has 0 saturated carbocycles. The predicted molar refractivity (Wildman–Crippen MR) is 55.5 cm³/mol. The monoisotopic (exact) mass is 207 g/mol. The Morgan fingerprint density at radius 2 is 2.33 bits per heavy atom. The first-order valence-corrected chi connectivity index (χ1v) is 4.81. The van der Waals surface area contributed by atoms with Crippen molar-refractivity contribution in [2.24, 2.45) is 0 Å². The quantitative estimate of drug-likeness (QED) is 0.590. The summed E-state index contributed by atoms with van der Waals surface area (Å²) in [4.78, 5) is 11.3. The fourth-order valence-electron chi connectivity index (χ4n) is 1.58. The molecule has 1 saturated heterocycles. The van der Waals surface area contributed by atoms with Gasteiger partial charge in [0, 0.05) is 17.7 Å². The highest BCUT2D eigenvalue weighted by Crippen LogP contribution is 2.33. The predicted octanol–water partition coefficient (Wildman–Crippen LogP) is 1.52. The SMILES string of the molecule is COC(=O)c1ccc(N)c(C2CCO2)c1. The average molecular weight is 207 g/mol. The summed E-state index contributed by atoms with van der Waals surface area (Å²) in [6.45, 7) is 0.757. The van der Waals surface area contributed by atoms with E-state index in [1.807, 2.05) is 0 Å². The van der Waals surface area contributed by atoms with E-state index in [-0.39, 0.29) is 12.1 Å². The third-order valence-corrected chi connectivity index (χ3v) is 2.55. The van der Waals surface area contributed by atoms with Crippen molar-refractivity contribution in [2.75, 3.05) is 19.5 Å². The number of carbonyl (C=O) groups is 1. The van der Waals surface area contributed by atoms with Crippen LogP contribution in [0.5, 0.6) is 0 Å². The van der Waals surface area contributed by atoms with E-state index in [2.05, 4.69) is 4.74 Å². The molecule has 0 radical (unpaired) electrons. The number of hydrogen-bond acceptors (Lipinski definition) is 4. The lowest BCUT2D eigenvalue weighted by atomic mass is 9.99. The van der Waals surface area contributed by atoms with Crippen LogP contribution in [0.1, 0.15) is 28.4 Å². The van der Waals surface area contributed by atoms with Crippen molar-refractivity contribution >= 4 is 11.7 Å². The molecular formula is C11H13NO3. The lowest BCUT2D eigenvalue weighted by molar-refractivity contribution is -0.0522. The Hall–Kier alpha value is -1.55. The number of rotatable bonds is 2. The molecule has 0 aromatic heterocycles. The van der Waals surface area contributed by atoms with E-state index in [4.69, 9.17) is 10.5 Å². The van der Waals surface area contributed by atoms with Gasteiger partial charge in [-0.3, -0.25) is 0 Å². The maximum absolute atomic E-state index is 11.3. The fourth-order valence-corrected chi connectivity index (χ4v) is 1.58. The molecule has 0 spiro atoms. The molecule has 1 heterocycles. The Labute approximate surface area is 88.0 Å². The molecule has 1 aromatic rings. The highest BCUT2D eigenvalue weighted by Gasteiger charge is 2.23. The molecule has 1 atom stereocenters. The summed E-state index contributed by atoms with van der Waals surface area (Å²) in [5.74, 6) is -0.351. The van der Waals surface area contributed by atoms with E-state index in [9.17, 15) is 4.79 Å². The van der Waals surface area contributed by atoms with Gasteiger partial charge in [0.05, 0.1) is 25.4 Å². The standard InChI is InChI=1S/C11H13NO3/c1-14-11(13)7-2-3-9(12)8(6-7)10-4-5-15-10/h2-3,6,10H,4-5,12H2,1H3. The van der Waals surface area contributed by atoms with Crippen LogP contribution in [-0.2, 0) is 9.47 Å². The van der Waals surface area contributed by atoms with Crippen LogP contribution in [0.3, 0.4) is 0 Å². The molecule has 15 heavy (non-hydrogen) atoms. The first kappa shape index (κ1) is 9.98. The number of esters is 1. The van der Waals surface area contributed by atoms with Crippen molar-refractivity contribution in [3.63, 3.8) is 0 Å². The Balaban J connectivity index is 2.31. The Bertz CT molecular complexity index is 385. The first-order valence-electron chi connectivity index (χ1n) is 4.81. The van der Waals surface area contributed by atoms with Crippen molar-refractivity contribution in [1.82, 2.24) is 0 Å². The van der Waals surface area contributed by atoms with Gasteiger partial charge in [0.1, 0.15) is 0 Å². The number of anilines is 1. The number of nitrogen functional groups attached to an aromatic ring is 1. The minimum absolute atomic E-state index is 0.0367. The van der Waals surface area contributed by atoms with Gasteiger partial charge in [-0.1, -0.05) is 0 Å². The van der Waals surface area contributed by atoms with Gasteiger partial charge in [0.2, 0.25) is 0 Å². The highest BCUT2D eigenvalue weighted by molar-refractivity contribution is 5.90. The third-order valence-electron chi connectivity index (χ3n) is 2.55.